The van der Waals surface area contributed by atoms with Crippen molar-refractivity contribution in [3.63, 3.8) is 0 Å². The highest BCUT2D eigenvalue weighted by atomic mass is 16.5. The number of aliphatic hydroxyl groups excluding tert-OH is 1. The van der Waals surface area contributed by atoms with Crippen molar-refractivity contribution >= 4 is 23.7 Å². The molecule has 1 aromatic rings. The van der Waals surface area contributed by atoms with Crippen LogP contribution >= 0.6 is 0 Å². The molecule has 4 saturated heterocycles. The molecule has 0 radical (unpaired) electrons. The van der Waals surface area contributed by atoms with Gasteiger partial charge in [0.25, 0.3) is 0 Å². The monoisotopic (exact) mass is 666 g/mol. The van der Waals surface area contributed by atoms with Crippen LogP contribution in [0.15, 0.2) is 55.6 Å². The van der Waals surface area contributed by atoms with E-state index in [0.29, 0.717) is 52.0 Å². The van der Waals surface area contributed by atoms with Crippen LogP contribution in [0.1, 0.15) is 50.6 Å². The molecule has 48 heavy (non-hydrogen) atoms. The van der Waals surface area contributed by atoms with Crippen LogP contribution in [0.3, 0.4) is 0 Å². The maximum Gasteiger partial charge on any atom is 0.306 e. The molecule has 2 N–H and O–H groups in total. The minimum atomic E-state index is -1.21. The van der Waals surface area contributed by atoms with E-state index in [-0.39, 0.29) is 38.0 Å². The number of morpholine rings is 1. The Hall–Kier alpha value is -3.58. The first-order valence-electron chi connectivity index (χ1n) is 17.2. The molecule has 4 aliphatic heterocycles. The Bertz CT molecular complexity index is 1320. The van der Waals surface area contributed by atoms with Crippen LogP contribution in [0.2, 0.25) is 0 Å². The molecule has 1 aromatic carbocycles. The number of carbonyl (C=O) groups is 4. The molecule has 0 aromatic heterocycles. The number of benzene rings is 1. The number of amides is 3. The SMILES string of the molecule is C=CCCC(=O)OC[C@H](NC(=O)[C@@H]1[C@H]2C(=O)N([C@@H](CC)CO)[C@H](C(=O)N(CC=C)CCN3CCOCC3)[C@]23CC[C@H]1O3)c1ccccc1. The summed E-state index contributed by atoms with van der Waals surface area (Å²) in [6, 6.07) is 6.96. The van der Waals surface area contributed by atoms with Gasteiger partial charge in [-0.25, -0.2) is 0 Å². The number of allylic oxidation sites excluding steroid dienone is 1. The molecule has 1 spiro atoms. The molecule has 0 aliphatic carbocycles. The van der Waals surface area contributed by atoms with Gasteiger partial charge >= 0.3 is 5.97 Å². The highest BCUT2D eigenvalue weighted by molar-refractivity contribution is 5.99. The van der Waals surface area contributed by atoms with Crippen LogP contribution in [0.4, 0.5) is 0 Å². The number of hydrogen-bond donors (Lipinski definition) is 2. The number of hydrogen-bond acceptors (Lipinski definition) is 9. The third kappa shape index (κ3) is 7.22. The molecule has 4 aliphatic rings. The number of nitrogens with one attached hydrogen (secondary N) is 1. The predicted molar refractivity (Wildman–Crippen MR) is 177 cm³/mol. The van der Waals surface area contributed by atoms with Gasteiger partial charge in [0, 0.05) is 39.1 Å². The van der Waals surface area contributed by atoms with E-state index in [1.807, 2.05) is 37.3 Å². The van der Waals surface area contributed by atoms with E-state index in [4.69, 9.17) is 14.2 Å². The first-order chi connectivity index (χ1) is 23.3. The van der Waals surface area contributed by atoms with Crippen LogP contribution in [0.25, 0.3) is 0 Å². The summed E-state index contributed by atoms with van der Waals surface area (Å²) >= 11 is 0. The second-order valence-corrected chi connectivity index (χ2v) is 13.1. The zero-order chi connectivity index (χ0) is 34.3. The van der Waals surface area contributed by atoms with Crippen LogP contribution in [-0.2, 0) is 33.4 Å². The van der Waals surface area contributed by atoms with E-state index in [1.165, 1.54) is 4.90 Å². The summed E-state index contributed by atoms with van der Waals surface area (Å²) in [5.41, 5.74) is -0.457. The van der Waals surface area contributed by atoms with Gasteiger partial charge < -0.3 is 34.4 Å². The zero-order valence-corrected chi connectivity index (χ0v) is 28.0. The third-order valence-electron chi connectivity index (χ3n) is 10.3. The molecular weight excluding hydrogens is 616 g/mol. The van der Waals surface area contributed by atoms with Crippen molar-refractivity contribution in [3.05, 3.63) is 61.2 Å². The number of esters is 1. The Balaban J connectivity index is 1.41. The zero-order valence-electron chi connectivity index (χ0n) is 28.0. The summed E-state index contributed by atoms with van der Waals surface area (Å²) in [7, 11) is 0. The molecule has 262 valence electrons. The second-order valence-electron chi connectivity index (χ2n) is 13.1. The smallest absolute Gasteiger partial charge is 0.306 e. The first kappa shape index (κ1) is 35.7. The van der Waals surface area contributed by atoms with Gasteiger partial charge in [-0.1, -0.05) is 49.4 Å². The third-order valence-corrected chi connectivity index (χ3v) is 10.3. The molecule has 7 atom stereocenters. The number of carbonyl (C=O) groups excluding carboxylic acids is 4. The lowest BCUT2D eigenvalue weighted by atomic mass is 9.70. The summed E-state index contributed by atoms with van der Waals surface area (Å²) in [6.07, 6.45) is 4.81. The van der Waals surface area contributed by atoms with E-state index >= 15 is 0 Å². The molecule has 12 heteroatoms. The standard InChI is InChI=1S/C36H50N4O8/c1-4-7-13-29(42)47-24-27(25-11-9-8-10-12-25)37-33(43)30-28-14-15-36(48-28)31(30)34(44)40(26(6-3)23-41)32(36)35(45)39(16-5-2)18-17-38-19-21-46-22-20-38/h4-5,8-12,26-28,30-32,41H,1-2,6-7,13-24H2,3H3,(H,37,43)/t26-,27-,28+,30-,31-,32+,36-/m0/s1. The molecular formula is C36H50N4O8. The van der Waals surface area contributed by atoms with Gasteiger partial charge in [0.2, 0.25) is 17.7 Å². The predicted octanol–water partition coefficient (Wildman–Crippen LogP) is 1.85. The van der Waals surface area contributed by atoms with Crippen molar-refractivity contribution in [2.75, 3.05) is 59.2 Å². The van der Waals surface area contributed by atoms with Crippen LogP contribution in [0, 0.1) is 11.8 Å². The number of ether oxygens (including phenoxy) is 3. The van der Waals surface area contributed by atoms with Crippen LogP contribution in [-0.4, -0.2) is 126 Å². The fraction of sp³-hybridized carbons (Fsp3) is 0.611. The number of aliphatic hydroxyl groups is 1. The van der Waals surface area contributed by atoms with E-state index in [1.54, 1.807) is 17.1 Å². The van der Waals surface area contributed by atoms with Crippen molar-refractivity contribution in [3.8, 4) is 0 Å². The average molecular weight is 667 g/mol. The Morgan fingerprint density at radius 3 is 2.60 bits per heavy atom. The van der Waals surface area contributed by atoms with Gasteiger partial charge in [-0.2, -0.15) is 0 Å². The first-order valence-corrected chi connectivity index (χ1v) is 17.2. The molecule has 0 saturated carbocycles. The van der Waals surface area contributed by atoms with E-state index in [2.05, 4.69) is 23.4 Å². The number of fused-ring (bicyclic) bond motifs is 1. The minimum absolute atomic E-state index is 0.0803. The lowest BCUT2D eigenvalue weighted by molar-refractivity contribution is -0.151. The lowest BCUT2D eigenvalue weighted by Gasteiger charge is -2.39. The van der Waals surface area contributed by atoms with Gasteiger partial charge in [-0.05, 0) is 31.2 Å². The van der Waals surface area contributed by atoms with Crippen molar-refractivity contribution < 1.29 is 38.5 Å². The number of likely N-dealkylation sites (tertiary alicyclic amines) is 1. The summed E-state index contributed by atoms with van der Waals surface area (Å²) < 4.78 is 17.6. The molecule has 2 bridgehead atoms. The molecule has 3 amide bonds. The fourth-order valence-corrected chi connectivity index (χ4v) is 7.83. The molecule has 4 heterocycles. The summed E-state index contributed by atoms with van der Waals surface area (Å²) in [6.45, 7) is 13.2. The molecule has 5 rings (SSSR count). The lowest BCUT2D eigenvalue weighted by Crippen LogP contribution is -2.59. The summed E-state index contributed by atoms with van der Waals surface area (Å²) in [4.78, 5) is 61.1. The molecule has 4 fully saturated rings. The Morgan fingerprint density at radius 2 is 1.94 bits per heavy atom. The highest BCUT2D eigenvalue weighted by Gasteiger charge is 2.75. The topological polar surface area (TPSA) is 138 Å². The van der Waals surface area contributed by atoms with Gasteiger partial charge in [0.15, 0.2) is 0 Å². The second kappa shape index (κ2) is 16.2. The molecule has 0 unspecified atom stereocenters. The highest BCUT2D eigenvalue weighted by Crippen LogP contribution is 2.59. The van der Waals surface area contributed by atoms with Gasteiger partial charge in [0.1, 0.15) is 18.2 Å². The number of rotatable bonds is 17. The summed E-state index contributed by atoms with van der Waals surface area (Å²) in [5.74, 6) is -3.16. The van der Waals surface area contributed by atoms with Crippen LogP contribution < -0.4 is 5.32 Å². The summed E-state index contributed by atoms with van der Waals surface area (Å²) in [5, 5.41) is 13.5. The largest absolute Gasteiger partial charge is 0.463 e. The van der Waals surface area contributed by atoms with Crippen molar-refractivity contribution in [2.24, 2.45) is 11.8 Å². The Kier molecular flexibility index (Phi) is 12.1. The number of nitrogens with zero attached hydrogens (tertiary/aromatic N) is 3. The quantitative estimate of drug-likeness (QED) is 0.189. The van der Waals surface area contributed by atoms with Gasteiger partial charge in [-0.15, -0.1) is 13.2 Å². The fourth-order valence-electron chi connectivity index (χ4n) is 7.83. The Labute approximate surface area is 283 Å². The van der Waals surface area contributed by atoms with Crippen molar-refractivity contribution in [1.29, 1.82) is 0 Å². The van der Waals surface area contributed by atoms with E-state index in [9.17, 15) is 24.3 Å². The maximum absolute atomic E-state index is 14.6. The van der Waals surface area contributed by atoms with Crippen LogP contribution in [0.5, 0.6) is 0 Å². The van der Waals surface area contributed by atoms with E-state index in [0.717, 1.165) is 18.7 Å². The minimum Gasteiger partial charge on any atom is -0.463 e. The van der Waals surface area contributed by atoms with Crippen molar-refractivity contribution in [1.82, 2.24) is 20.0 Å². The average Bonchev–Trinajstić information content (AvgIpc) is 3.76. The normalized spacial score (nSPS) is 27.6. The van der Waals surface area contributed by atoms with Crippen molar-refractivity contribution in [2.45, 2.75) is 68.9 Å². The van der Waals surface area contributed by atoms with Gasteiger partial charge in [-0.3, -0.25) is 24.1 Å². The molecule has 12 nitrogen and oxygen atoms in total. The van der Waals surface area contributed by atoms with E-state index < -0.39 is 53.5 Å². The maximum atomic E-state index is 14.6. The Morgan fingerprint density at radius 1 is 1.19 bits per heavy atom. The van der Waals surface area contributed by atoms with Gasteiger partial charge in [0.05, 0.1) is 49.8 Å².